The van der Waals surface area contributed by atoms with Gasteiger partial charge in [0.15, 0.2) is 32.6 Å². The minimum Gasteiger partial charge on any atom is -0.458 e. The number of likely N-dealkylation sites (N-methyl/N-ethyl adjacent to an activating group) is 1. The van der Waals surface area contributed by atoms with E-state index in [0.29, 0.717) is 31.2 Å². The summed E-state index contributed by atoms with van der Waals surface area (Å²) >= 11 is 0. The molecule has 508 valence electrons. The van der Waals surface area contributed by atoms with Crippen LogP contribution in [0.2, 0.25) is 18.1 Å². The van der Waals surface area contributed by atoms with Crippen LogP contribution in [-0.2, 0) is 66.2 Å². The van der Waals surface area contributed by atoms with E-state index in [0.717, 1.165) is 0 Å². The molecule has 89 heavy (non-hydrogen) atoms. The number of nitrogens with zero attached hydrogens (tertiary/aromatic N) is 3. The number of H-pyrrole nitrogens is 1. The number of aliphatic hydroxyl groups excluding tert-OH is 1. The van der Waals surface area contributed by atoms with Crippen molar-refractivity contribution in [2.75, 3.05) is 48.0 Å². The number of aliphatic hydroxyl groups is 1. The van der Waals surface area contributed by atoms with Crippen molar-refractivity contribution in [3.63, 3.8) is 0 Å². The Morgan fingerprint density at radius 1 is 0.888 bits per heavy atom. The first kappa shape index (κ1) is 73.7. The van der Waals surface area contributed by atoms with Gasteiger partial charge in [0.25, 0.3) is 5.56 Å². The monoisotopic (exact) mass is 1280 g/mol. The Balaban J connectivity index is 1.24. The zero-order valence-electron chi connectivity index (χ0n) is 56.9. The van der Waals surface area contributed by atoms with Crippen LogP contribution in [0.5, 0.6) is 0 Å². The maximum atomic E-state index is 15.3. The molecule has 1 aromatic heterocycles. The number of hydrogen-bond acceptors (Lipinski definition) is 20. The highest BCUT2D eigenvalue weighted by molar-refractivity contribution is 6.74. The zero-order valence-corrected chi connectivity index (χ0v) is 57.9. The lowest BCUT2D eigenvalue weighted by molar-refractivity contribution is -0.320. The molecule has 25 nitrogen and oxygen atoms in total. The number of rotatable bonds is 20. The van der Waals surface area contributed by atoms with E-state index < -0.39 is 158 Å². The number of hydrogen-bond donors (Lipinski definition) is 4. The van der Waals surface area contributed by atoms with Crippen LogP contribution in [0.25, 0.3) is 0 Å². The van der Waals surface area contributed by atoms with E-state index in [9.17, 15) is 29.1 Å². The summed E-state index contributed by atoms with van der Waals surface area (Å²) in [6, 6.07) is -2.25. The van der Waals surface area contributed by atoms with Gasteiger partial charge in [-0.2, -0.15) is 0 Å². The first-order valence-corrected chi connectivity index (χ1v) is 34.9. The van der Waals surface area contributed by atoms with Gasteiger partial charge in [-0.15, -0.1) is 0 Å². The number of nitrogens with one attached hydrogen (secondary N) is 3. The smallest absolute Gasteiger partial charge is 0.410 e. The summed E-state index contributed by atoms with van der Waals surface area (Å²) in [5, 5.41) is 17.8. The molecule has 0 aliphatic carbocycles. The fraction of sp³-hybridized carbons (Fsp3) is 0.857. The van der Waals surface area contributed by atoms with Gasteiger partial charge in [0, 0.05) is 82.6 Å². The van der Waals surface area contributed by atoms with Crippen molar-refractivity contribution in [2.24, 2.45) is 23.7 Å². The number of aromatic amines is 1. The summed E-state index contributed by atoms with van der Waals surface area (Å²) in [5.74, 6) is -4.89. The topological polar surface area (TPSA) is 293 Å². The van der Waals surface area contributed by atoms with Gasteiger partial charge in [-0.25, -0.2) is 14.4 Å². The Kier molecular flexibility index (Phi) is 24.6. The van der Waals surface area contributed by atoms with Gasteiger partial charge in [0.1, 0.15) is 35.9 Å². The molecule has 0 aromatic carbocycles. The second-order valence-corrected chi connectivity index (χ2v) is 33.0. The third kappa shape index (κ3) is 16.7. The van der Waals surface area contributed by atoms with Crippen molar-refractivity contribution in [1.29, 1.82) is 0 Å². The molecule has 0 saturated carbocycles. The molecule has 5 fully saturated rings. The van der Waals surface area contributed by atoms with Crippen LogP contribution >= 0.6 is 0 Å². The summed E-state index contributed by atoms with van der Waals surface area (Å²) in [6.45, 7) is 32.1. The zero-order chi connectivity index (χ0) is 66.6. The van der Waals surface area contributed by atoms with Crippen LogP contribution in [0, 0.1) is 30.6 Å². The minimum absolute atomic E-state index is 0.0758. The molecular formula is C63H108N6O19Si. The van der Waals surface area contributed by atoms with Crippen LogP contribution in [0.4, 0.5) is 9.59 Å². The summed E-state index contributed by atoms with van der Waals surface area (Å²) in [7, 11) is 4.54. The predicted molar refractivity (Wildman–Crippen MR) is 331 cm³/mol. The van der Waals surface area contributed by atoms with Gasteiger partial charge >= 0.3 is 29.8 Å². The van der Waals surface area contributed by atoms with Crippen LogP contribution in [0.3, 0.4) is 0 Å². The Labute approximate surface area is 527 Å². The molecular weight excluding hydrogens is 1170 g/mol. The number of amides is 3. The van der Waals surface area contributed by atoms with Crippen molar-refractivity contribution in [1.82, 2.24) is 30.0 Å². The molecule has 21 atom stereocenters. The van der Waals surface area contributed by atoms with E-state index in [2.05, 4.69) is 49.5 Å². The number of carbonyl (C=O) groups excluding carboxylic acids is 5. The lowest BCUT2D eigenvalue weighted by atomic mass is 9.73. The lowest BCUT2D eigenvalue weighted by Crippen LogP contribution is -2.62. The van der Waals surface area contributed by atoms with Gasteiger partial charge in [-0.05, 0) is 119 Å². The van der Waals surface area contributed by atoms with Crippen LogP contribution in [0.1, 0.15) is 160 Å². The summed E-state index contributed by atoms with van der Waals surface area (Å²) in [4.78, 5) is 102. The predicted octanol–water partition coefficient (Wildman–Crippen LogP) is 6.48. The summed E-state index contributed by atoms with van der Waals surface area (Å²) < 4.78 is 72.4. The quantitative estimate of drug-likeness (QED) is 0.0470. The van der Waals surface area contributed by atoms with E-state index in [1.807, 2.05) is 53.6 Å². The van der Waals surface area contributed by atoms with E-state index in [1.165, 1.54) is 31.9 Å². The average molecular weight is 1280 g/mol. The number of ether oxygens (including phenoxy) is 10. The highest BCUT2D eigenvalue weighted by atomic mass is 28.4. The molecule has 5 aliphatic heterocycles. The minimum atomic E-state index is -2.25. The maximum Gasteiger partial charge on any atom is 0.410 e. The average Bonchev–Trinajstić information content (AvgIpc) is 1.75. The Bertz CT molecular complexity index is 2730. The number of fused-ring (bicyclic) bond motifs is 1. The van der Waals surface area contributed by atoms with Crippen molar-refractivity contribution in [3.8, 4) is 0 Å². The van der Waals surface area contributed by atoms with E-state index in [1.54, 1.807) is 46.4 Å². The third-order valence-electron chi connectivity index (χ3n) is 20.2. The highest BCUT2D eigenvalue weighted by Crippen LogP contribution is 2.46. The normalized spacial score (nSPS) is 37.7. The number of esters is 2. The van der Waals surface area contributed by atoms with E-state index in [4.69, 9.17) is 51.8 Å². The maximum absolute atomic E-state index is 15.3. The second kappa shape index (κ2) is 29.7. The van der Waals surface area contributed by atoms with Crippen LogP contribution in [0.15, 0.2) is 15.8 Å². The van der Waals surface area contributed by atoms with Crippen molar-refractivity contribution in [2.45, 2.75) is 276 Å². The van der Waals surface area contributed by atoms with Crippen molar-refractivity contribution >= 4 is 38.2 Å². The molecule has 0 bridgehead atoms. The number of aryl methyl sites for hydroxylation is 1. The van der Waals surface area contributed by atoms with Gasteiger partial charge in [-0.1, -0.05) is 48.5 Å². The highest BCUT2D eigenvalue weighted by Gasteiger charge is 2.61. The first-order valence-electron chi connectivity index (χ1n) is 32.0. The molecule has 0 unspecified atom stereocenters. The van der Waals surface area contributed by atoms with E-state index >= 15 is 9.59 Å². The van der Waals surface area contributed by atoms with Crippen LogP contribution in [-0.4, -0.2) is 207 Å². The molecule has 1 aromatic rings. The number of cyclic esters (lactones) is 1. The van der Waals surface area contributed by atoms with Crippen LogP contribution < -0.4 is 21.9 Å². The molecule has 3 amide bonds. The number of ketones is 1. The Morgan fingerprint density at radius 2 is 1.54 bits per heavy atom. The van der Waals surface area contributed by atoms with Crippen molar-refractivity contribution in [3.05, 3.63) is 32.6 Å². The molecule has 0 radical (unpaired) electrons. The van der Waals surface area contributed by atoms with Gasteiger partial charge in [0.05, 0.1) is 54.6 Å². The molecule has 5 aliphatic rings. The number of Topliss-reactive ketones (excluding diaryl/α,β-unsaturated/α-hetero) is 1. The number of unbranched alkanes of at least 4 members (excludes halogenated alkanes) is 2. The van der Waals surface area contributed by atoms with Gasteiger partial charge in [0.2, 0.25) is 0 Å². The SMILES string of the molecule is CC[C@H]1OC(=O)[C@H](C)[C@@H](O[C@H]2C[C@@](C)(OC)[C@@H](OC(C)=O)[C@H](C)O2)[C@H](C)[C@@H](O[C@@H]2O[C@H](C)C[C@H](N(C)C)[C@H]2O)[C@](C)(OC)C[C@@H](C)C(=O)[C@H](C)[C@@H]2N(CCCCCNC(=O)N[C@H]3C[C@H](n4cc(C)c(=O)[nH]c4=O)O[C@@H]3CO[Si](C)(C)C(C)(C)C)C(=O)O[C@@]21C. The molecule has 5 saturated heterocycles. The number of urea groups is 1. The summed E-state index contributed by atoms with van der Waals surface area (Å²) in [5.41, 5.74) is -4.73. The molecule has 0 spiro atoms. The van der Waals surface area contributed by atoms with Gasteiger partial charge in [-0.3, -0.25) is 28.7 Å². The first-order chi connectivity index (χ1) is 41.4. The number of aromatic nitrogens is 2. The molecule has 6 heterocycles. The Hall–Kier alpha value is -4.35. The second-order valence-electron chi connectivity index (χ2n) is 28.2. The molecule has 6 rings (SSSR count). The summed E-state index contributed by atoms with van der Waals surface area (Å²) in [6.07, 6.45) is -6.31. The molecule has 4 N–H and O–H groups in total. The number of carbonyl (C=O) groups is 5. The fourth-order valence-electron chi connectivity index (χ4n) is 13.8. The Morgan fingerprint density at radius 3 is 2.15 bits per heavy atom. The van der Waals surface area contributed by atoms with E-state index in [-0.39, 0.29) is 68.3 Å². The third-order valence-corrected chi connectivity index (χ3v) is 24.7. The van der Waals surface area contributed by atoms with Crippen molar-refractivity contribution < 1.29 is 80.9 Å². The largest absolute Gasteiger partial charge is 0.458 e. The standard InChI is InChI=1S/C63H108N6O19Si/c1-22-45-63(15)51(68(59(77)88-63)27-25-23-24-26-64-57(75)65-42-29-46(69-32-35(3)54(73)66-58(69)76)84-44(42)33-80-89(20,21)60(10,11)12)37(5)48(71)34(2)30-61(13,78-18)52(87-56-49(72)43(67(16)17)28-36(4)81-56)38(6)50(39(7)55(74)85-45)86-47-31-62(14,79-19)53(40(8)82-47)83-41(9)70/h32,34,36-40,42-47,49-53,56,72H,22-31,33H2,1-21H3,(H2,64,65,75)(H,66,73,76)/t34-,36-,37+,38+,39-,40+,42+,43+,44-,45-,46-,47+,49-,50+,51+,52-,53+,56+,61-,62-,63-/m1/s1. The lowest BCUT2D eigenvalue weighted by Gasteiger charge is -2.50. The van der Waals surface area contributed by atoms with Gasteiger partial charge < -0.3 is 77.3 Å². The number of methoxy groups -OCH3 is 2. The fourth-order valence-corrected chi connectivity index (χ4v) is 14.8. The molecule has 26 heteroatoms.